The van der Waals surface area contributed by atoms with E-state index in [2.05, 4.69) is 0 Å². The van der Waals surface area contributed by atoms with E-state index in [4.69, 9.17) is 4.74 Å². The second-order valence-electron chi connectivity index (χ2n) is 7.86. The predicted molar refractivity (Wildman–Crippen MR) is 108 cm³/mol. The number of ether oxygens (including phenoxy) is 1. The van der Waals surface area contributed by atoms with Gasteiger partial charge in [0.15, 0.2) is 0 Å². The van der Waals surface area contributed by atoms with Gasteiger partial charge >= 0.3 is 5.97 Å². The number of aliphatic hydroxyl groups excluding tert-OH is 1. The van der Waals surface area contributed by atoms with Crippen LogP contribution < -0.4 is 4.74 Å². The third-order valence-electron chi connectivity index (χ3n) is 6.16. The van der Waals surface area contributed by atoms with Gasteiger partial charge in [-0.15, -0.1) is 0 Å². The molecule has 7 heteroatoms. The van der Waals surface area contributed by atoms with Crippen LogP contribution in [-0.4, -0.2) is 57.9 Å². The molecular weight excluding hydrogens is 372 g/mol. The van der Waals surface area contributed by atoms with Crippen LogP contribution >= 0.6 is 0 Å². The fourth-order valence-corrected chi connectivity index (χ4v) is 4.10. The number of carboxylic acids is 1. The summed E-state index contributed by atoms with van der Waals surface area (Å²) < 4.78 is 7.17. The van der Waals surface area contributed by atoms with Crippen molar-refractivity contribution in [3.8, 4) is 5.75 Å². The highest BCUT2D eigenvalue weighted by atomic mass is 16.5. The standard InChI is InChI=1S/C22H28N2O5/c1-14-10-18(15(2)23(14)3)20(26)24-9-8-19(25)22(13-24,21(27)28)12-16-6-5-7-17(11-16)29-4/h5-7,10-11,19,25H,8-9,12-13H2,1-4H3,(H,27,28)/t19-,22+/m0/s1. The Balaban J connectivity index is 1.93. The van der Waals surface area contributed by atoms with Gasteiger partial charge in [0.25, 0.3) is 5.91 Å². The highest BCUT2D eigenvalue weighted by Crippen LogP contribution is 2.36. The molecule has 1 aliphatic heterocycles. The molecule has 1 aromatic carbocycles. The van der Waals surface area contributed by atoms with E-state index in [-0.39, 0.29) is 25.3 Å². The first-order valence-electron chi connectivity index (χ1n) is 9.66. The highest BCUT2D eigenvalue weighted by molar-refractivity contribution is 5.96. The van der Waals surface area contributed by atoms with E-state index in [0.29, 0.717) is 17.9 Å². The fourth-order valence-electron chi connectivity index (χ4n) is 4.10. The van der Waals surface area contributed by atoms with Crippen molar-refractivity contribution in [2.45, 2.75) is 32.8 Å². The van der Waals surface area contributed by atoms with Crippen LogP contribution in [0.2, 0.25) is 0 Å². The molecule has 0 spiro atoms. The molecule has 2 atom stereocenters. The number of methoxy groups -OCH3 is 1. The summed E-state index contributed by atoms with van der Waals surface area (Å²) in [6.07, 6.45) is -0.724. The number of likely N-dealkylation sites (tertiary alicyclic amines) is 1. The number of aromatic nitrogens is 1. The molecule has 2 N–H and O–H groups in total. The Bertz CT molecular complexity index is 935. The number of aliphatic carboxylic acids is 1. The Kier molecular flexibility index (Phi) is 5.71. The summed E-state index contributed by atoms with van der Waals surface area (Å²) in [5.41, 5.74) is 1.64. The van der Waals surface area contributed by atoms with E-state index in [1.54, 1.807) is 30.2 Å². The van der Waals surface area contributed by atoms with Crippen molar-refractivity contribution in [1.29, 1.82) is 0 Å². The number of nitrogens with zero attached hydrogens (tertiary/aromatic N) is 2. The molecule has 0 saturated carbocycles. The molecule has 0 aliphatic carbocycles. The summed E-state index contributed by atoms with van der Waals surface area (Å²) in [5.74, 6) is -0.683. The number of aliphatic hydroxyl groups is 1. The van der Waals surface area contributed by atoms with Gasteiger partial charge in [-0.25, -0.2) is 0 Å². The van der Waals surface area contributed by atoms with Gasteiger partial charge in [-0.1, -0.05) is 12.1 Å². The van der Waals surface area contributed by atoms with Gasteiger partial charge in [0, 0.05) is 31.5 Å². The lowest BCUT2D eigenvalue weighted by molar-refractivity contribution is -0.161. The highest BCUT2D eigenvalue weighted by Gasteiger charge is 2.50. The number of hydrogen-bond donors (Lipinski definition) is 2. The Morgan fingerprint density at radius 2 is 2.00 bits per heavy atom. The Morgan fingerprint density at radius 3 is 2.59 bits per heavy atom. The van der Waals surface area contributed by atoms with Crippen LogP contribution in [0.1, 0.15) is 33.7 Å². The Morgan fingerprint density at radius 1 is 1.28 bits per heavy atom. The molecule has 3 rings (SSSR count). The van der Waals surface area contributed by atoms with Crippen LogP contribution in [0.25, 0.3) is 0 Å². The molecule has 1 saturated heterocycles. The van der Waals surface area contributed by atoms with Crippen LogP contribution in [0.15, 0.2) is 30.3 Å². The van der Waals surface area contributed by atoms with E-state index < -0.39 is 17.5 Å². The quantitative estimate of drug-likeness (QED) is 0.803. The number of benzene rings is 1. The van der Waals surface area contributed by atoms with Gasteiger partial charge in [0.1, 0.15) is 11.2 Å². The molecule has 2 heterocycles. The number of amides is 1. The average molecular weight is 400 g/mol. The molecule has 7 nitrogen and oxygen atoms in total. The molecule has 0 bridgehead atoms. The number of carbonyl (C=O) groups is 2. The maximum absolute atomic E-state index is 13.2. The summed E-state index contributed by atoms with van der Waals surface area (Å²) in [6, 6.07) is 8.98. The average Bonchev–Trinajstić information content (AvgIpc) is 2.96. The molecule has 1 fully saturated rings. The second kappa shape index (κ2) is 7.91. The zero-order valence-electron chi connectivity index (χ0n) is 17.3. The zero-order valence-corrected chi connectivity index (χ0v) is 17.3. The first-order valence-corrected chi connectivity index (χ1v) is 9.66. The van der Waals surface area contributed by atoms with E-state index >= 15 is 0 Å². The Hall–Kier alpha value is -2.80. The molecule has 0 radical (unpaired) electrons. The summed E-state index contributed by atoms with van der Waals surface area (Å²) in [5, 5.41) is 20.8. The minimum Gasteiger partial charge on any atom is -0.497 e. The van der Waals surface area contributed by atoms with Crippen LogP contribution in [0.3, 0.4) is 0 Å². The molecule has 1 aromatic heterocycles. The number of carbonyl (C=O) groups excluding carboxylic acids is 1. The van der Waals surface area contributed by atoms with E-state index in [1.165, 1.54) is 0 Å². The third-order valence-corrected chi connectivity index (χ3v) is 6.16. The summed E-state index contributed by atoms with van der Waals surface area (Å²) in [7, 11) is 3.44. The maximum atomic E-state index is 13.2. The van der Waals surface area contributed by atoms with Crippen molar-refractivity contribution in [1.82, 2.24) is 9.47 Å². The summed E-state index contributed by atoms with van der Waals surface area (Å²) in [4.78, 5) is 27.1. The molecule has 29 heavy (non-hydrogen) atoms. The lowest BCUT2D eigenvalue weighted by Crippen LogP contribution is -2.58. The van der Waals surface area contributed by atoms with Gasteiger partial charge in [-0.2, -0.15) is 0 Å². The number of carboxylic acid groups (broad SMARTS) is 1. The molecule has 1 aliphatic rings. The van der Waals surface area contributed by atoms with Crippen LogP contribution in [0.4, 0.5) is 0 Å². The summed E-state index contributed by atoms with van der Waals surface area (Å²) in [6.45, 7) is 4.07. The van der Waals surface area contributed by atoms with Crippen molar-refractivity contribution >= 4 is 11.9 Å². The van der Waals surface area contributed by atoms with Gasteiger partial charge in [0.2, 0.25) is 0 Å². The van der Waals surface area contributed by atoms with E-state index in [1.807, 2.05) is 37.6 Å². The minimum atomic E-state index is -1.47. The second-order valence-corrected chi connectivity index (χ2v) is 7.86. The van der Waals surface area contributed by atoms with Gasteiger partial charge in [-0.3, -0.25) is 9.59 Å². The Labute approximate surface area is 170 Å². The van der Waals surface area contributed by atoms with Crippen molar-refractivity contribution in [2.75, 3.05) is 20.2 Å². The number of rotatable bonds is 5. The SMILES string of the molecule is COc1cccc(C[C@@]2(C(=O)O)CN(C(=O)c3cc(C)n(C)c3C)CC[C@@H]2O)c1. The third kappa shape index (κ3) is 3.74. The van der Waals surface area contributed by atoms with Crippen molar-refractivity contribution < 1.29 is 24.5 Å². The molecule has 1 amide bonds. The normalized spacial score (nSPS) is 21.8. The summed E-state index contributed by atoms with van der Waals surface area (Å²) >= 11 is 0. The van der Waals surface area contributed by atoms with Crippen LogP contribution in [0, 0.1) is 19.3 Å². The van der Waals surface area contributed by atoms with Crippen molar-refractivity contribution in [2.24, 2.45) is 12.5 Å². The largest absolute Gasteiger partial charge is 0.497 e. The molecule has 156 valence electrons. The monoisotopic (exact) mass is 400 g/mol. The van der Waals surface area contributed by atoms with Crippen LogP contribution in [-0.2, 0) is 18.3 Å². The van der Waals surface area contributed by atoms with Gasteiger partial charge < -0.3 is 24.4 Å². The van der Waals surface area contributed by atoms with Crippen LogP contribution in [0.5, 0.6) is 5.75 Å². The number of aryl methyl sites for hydroxylation is 1. The van der Waals surface area contributed by atoms with Crippen molar-refractivity contribution in [3.05, 3.63) is 52.8 Å². The smallest absolute Gasteiger partial charge is 0.314 e. The zero-order chi connectivity index (χ0) is 21.3. The van der Waals surface area contributed by atoms with E-state index in [0.717, 1.165) is 17.0 Å². The topological polar surface area (TPSA) is 92.0 Å². The first-order chi connectivity index (χ1) is 13.7. The van der Waals surface area contributed by atoms with Gasteiger partial charge in [0.05, 0.1) is 18.8 Å². The maximum Gasteiger partial charge on any atom is 0.314 e. The first kappa shape index (κ1) is 20.9. The molecule has 2 aromatic rings. The fraction of sp³-hybridized carbons (Fsp3) is 0.455. The lowest BCUT2D eigenvalue weighted by Gasteiger charge is -2.43. The molecular formula is C22H28N2O5. The number of piperidine rings is 1. The molecule has 0 unspecified atom stereocenters. The lowest BCUT2D eigenvalue weighted by atomic mass is 9.72. The van der Waals surface area contributed by atoms with E-state index in [9.17, 15) is 19.8 Å². The minimum absolute atomic E-state index is 0.0487. The number of hydrogen-bond acceptors (Lipinski definition) is 4. The predicted octanol–water partition coefficient (Wildman–Crippen LogP) is 2.17. The van der Waals surface area contributed by atoms with Crippen molar-refractivity contribution in [3.63, 3.8) is 0 Å². The van der Waals surface area contributed by atoms with Gasteiger partial charge in [-0.05, 0) is 50.5 Å².